The third kappa shape index (κ3) is 4.82. The van der Waals surface area contributed by atoms with Crippen LogP contribution in [0, 0.1) is 21.1 Å². The van der Waals surface area contributed by atoms with E-state index in [1.807, 2.05) is 24.3 Å². The van der Waals surface area contributed by atoms with E-state index in [2.05, 4.69) is 33.2 Å². The summed E-state index contributed by atoms with van der Waals surface area (Å²) in [7, 11) is 0. The highest BCUT2D eigenvalue weighted by molar-refractivity contribution is 14.1. The number of rotatable bonds is 5. The molecule has 1 saturated carbocycles. The van der Waals surface area contributed by atoms with Crippen LogP contribution in [0.3, 0.4) is 0 Å². The quantitative estimate of drug-likeness (QED) is 0.168. The first kappa shape index (κ1) is 25.0. The minimum Gasteiger partial charge on any atom is -0.394 e. The molecule has 2 amide bonds. The molecule has 3 aromatic rings. The van der Waals surface area contributed by atoms with E-state index in [1.165, 1.54) is 18.2 Å². The standard InChI is InChI=1S/C23H15Cl3F2IN3O2/c24-14-5-4-12(9-13(14)21(33)32-16-7-6-15(27)20(30)19(16)28)31-22(34)18-17(23(18,25)26)10-2-1-3-11(29)8-10/h1-9,17-18H,30H2,(H,31,34)(H,32,33)/t17-,18+/m0/s1. The summed E-state index contributed by atoms with van der Waals surface area (Å²) in [5.74, 6) is -4.37. The molecule has 176 valence electrons. The van der Waals surface area contributed by atoms with Crippen LogP contribution in [0.15, 0.2) is 54.6 Å². The van der Waals surface area contributed by atoms with Gasteiger partial charge in [0, 0.05) is 15.2 Å². The van der Waals surface area contributed by atoms with Crippen molar-refractivity contribution < 1.29 is 18.4 Å². The SMILES string of the molecule is Nc1c(F)ccc(NC(=O)c2cc(NC(=O)[C@H]3[C@H](c4cccc(I)c4)C3(Cl)Cl)ccc2Cl)c1F. The van der Waals surface area contributed by atoms with Crippen molar-refractivity contribution in [3.63, 3.8) is 0 Å². The average Bonchev–Trinajstić information content (AvgIpc) is 3.37. The molecule has 0 bridgehead atoms. The Morgan fingerprint density at radius 2 is 1.76 bits per heavy atom. The number of benzene rings is 3. The Morgan fingerprint density at radius 3 is 2.47 bits per heavy atom. The molecule has 4 rings (SSSR count). The number of hydrogen-bond acceptors (Lipinski definition) is 3. The van der Waals surface area contributed by atoms with Crippen molar-refractivity contribution in [3.8, 4) is 0 Å². The van der Waals surface area contributed by atoms with E-state index in [4.69, 9.17) is 40.5 Å². The van der Waals surface area contributed by atoms with Gasteiger partial charge in [0.05, 0.1) is 22.2 Å². The molecule has 11 heteroatoms. The number of amides is 2. The van der Waals surface area contributed by atoms with Gasteiger partial charge < -0.3 is 16.4 Å². The number of nitrogens with two attached hydrogens (primary N) is 1. The normalized spacial score (nSPS) is 18.3. The van der Waals surface area contributed by atoms with E-state index in [9.17, 15) is 18.4 Å². The molecule has 1 aliphatic rings. The maximum absolute atomic E-state index is 14.2. The Kier molecular flexibility index (Phi) is 6.97. The number of anilines is 3. The highest BCUT2D eigenvalue weighted by Gasteiger charge is 2.67. The third-order valence-corrected chi connectivity index (χ3v) is 7.34. The van der Waals surface area contributed by atoms with E-state index in [-0.39, 0.29) is 22.0 Å². The van der Waals surface area contributed by atoms with E-state index in [1.54, 1.807) is 0 Å². The van der Waals surface area contributed by atoms with Gasteiger partial charge in [-0.05, 0) is 70.6 Å². The van der Waals surface area contributed by atoms with Crippen molar-refractivity contribution in [2.75, 3.05) is 16.4 Å². The van der Waals surface area contributed by atoms with Gasteiger partial charge >= 0.3 is 0 Å². The summed E-state index contributed by atoms with van der Waals surface area (Å²) < 4.78 is 27.3. The number of carbonyl (C=O) groups is 2. The Balaban J connectivity index is 1.52. The van der Waals surface area contributed by atoms with Crippen LogP contribution in [0.5, 0.6) is 0 Å². The summed E-state index contributed by atoms with van der Waals surface area (Å²) in [4.78, 5) is 25.6. The molecule has 0 saturated heterocycles. The van der Waals surface area contributed by atoms with Gasteiger partial charge in [0.2, 0.25) is 5.91 Å². The van der Waals surface area contributed by atoms with Crippen molar-refractivity contribution in [3.05, 3.63) is 86.0 Å². The van der Waals surface area contributed by atoms with E-state index in [0.717, 1.165) is 21.3 Å². The second kappa shape index (κ2) is 9.49. The summed E-state index contributed by atoms with van der Waals surface area (Å²) in [6.07, 6.45) is 0. The molecule has 1 fully saturated rings. The number of hydrogen-bond donors (Lipinski definition) is 3. The van der Waals surface area contributed by atoms with E-state index < -0.39 is 45.3 Å². The number of alkyl halides is 2. The molecule has 4 N–H and O–H groups in total. The lowest BCUT2D eigenvalue weighted by molar-refractivity contribution is -0.117. The smallest absolute Gasteiger partial charge is 0.257 e. The van der Waals surface area contributed by atoms with Gasteiger partial charge in [-0.3, -0.25) is 9.59 Å². The molecule has 34 heavy (non-hydrogen) atoms. The Hall–Kier alpha value is -2.14. The first-order valence-corrected chi connectivity index (χ1v) is 12.0. The average molecular weight is 637 g/mol. The second-order valence-corrected chi connectivity index (χ2v) is 10.7. The van der Waals surface area contributed by atoms with Gasteiger partial charge in [-0.2, -0.15) is 0 Å². The Morgan fingerprint density at radius 1 is 1.03 bits per heavy atom. The molecule has 0 aromatic heterocycles. The van der Waals surface area contributed by atoms with Crippen LogP contribution in [0.2, 0.25) is 5.02 Å². The van der Waals surface area contributed by atoms with Crippen LogP contribution in [-0.4, -0.2) is 16.1 Å². The first-order valence-electron chi connectivity index (χ1n) is 9.79. The van der Waals surface area contributed by atoms with E-state index in [0.29, 0.717) is 0 Å². The lowest BCUT2D eigenvalue weighted by Gasteiger charge is -2.11. The Labute approximate surface area is 222 Å². The lowest BCUT2D eigenvalue weighted by atomic mass is 10.1. The first-order chi connectivity index (χ1) is 16.0. The fraction of sp³-hybridized carbons (Fsp3) is 0.130. The summed E-state index contributed by atoms with van der Waals surface area (Å²) in [6.45, 7) is 0. The second-order valence-electron chi connectivity index (χ2n) is 7.65. The highest BCUT2D eigenvalue weighted by Crippen LogP contribution is 2.65. The van der Waals surface area contributed by atoms with Gasteiger partial charge in [0.1, 0.15) is 15.8 Å². The molecule has 1 aliphatic carbocycles. The zero-order valence-electron chi connectivity index (χ0n) is 17.0. The van der Waals surface area contributed by atoms with Gasteiger partial charge in [0.15, 0.2) is 5.82 Å². The minimum atomic E-state index is -1.28. The molecule has 0 unspecified atom stereocenters. The van der Waals surface area contributed by atoms with Crippen molar-refractivity contribution in [1.29, 1.82) is 0 Å². The summed E-state index contributed by atoms with van der Waals surface area (Å²) >= 11 is 21.1. The maximum atomic E-state index is 14.2. The molecule has 5 nitrogen and oxygen atoms in total. The van der Waals surface area contributed by atoms with Crippen LogP contribution in [-0.2, 0) is 4.79 Å². The van der Waals surface area contributed by atoms with Gasteiger partial charge in [-0.15, -0.1) is 23.2 Å². The predicted octanol–water partition coefficient (Wildman–Crippen LogP) is 6.58. The Bertz CT molecular complexity index is 1320. The van der Waals surface area contributed by atoms with Crippen molar-refractivity contribution >= 4 is 86.3 Å². The third-order valence-electron chi connectivity index (χ3n) is 5.40. The largest absolute Gasteiger partial charge is 0.394 e. The molecule has 3 aromatic carbocycles. The molecule has 2 atom stereocenters. The van der Waals surface area contributed by atoms with E-state index >= 15 is 0 Å². The summed E-state index contributed by atoms with van der Waals surface area (Å²) in [6, 6.07) is 13.7. The van der Waals surface area contributed by atoms with Gasteiger partial charge in [-0.1, -0.05) is 23.7 Å². The number of halogens is 6. The minimum absolute atomic E-state index is 0.0465. The predicted molar refractivity (Wildman–Crippen MR) is 139 cm³/mol. The van der Waals surface area contributed by atoms with Crippen molar-refractivity contribution in [2.45, 2.75) is 10.3 Å². The molecule has 0 aliphatic heterocycles. The van der Waals surface area contributed by atoms with Crippen LogP contribution in [0.4, 0.5) is 25.8 Å². The monoisotopic (exact) mass is 635 g/mol. The fourth-order valence-electron chi connectivity index (χ4n) is 3.62. The lowest BCUT2D eigenvalue weighted by Crippen LogP contribution is -2.18. The number of carbonyl (C=O) groups excluding carboxylic acids is 2. The zero-order chi connectivity index (χ0) is 24.8. The maximum Gasteiger partial charge on any atom is 0.257 e. The molecular weight excluding hydrogens is 622 g/mol. The van der Waals surface area contributed by atoms with Crippen LogP contribution < -0.4 is 16.4 Å². The summed E-state index contributed by atoms with van der Waals surface area (Å²) in [5, 5.41) is 5.05. The molecular formula is C23H15Cl3F2IN3O2. The van der Waals surface area contributed by atoms with Crippen LogP contribution >= 0.6 is 57.4 Å². The van der Waals surface area contributed by atoms with Gasteiger partial charge in [0.25, 0.3) is 5.91 Å². The fourth-order valence-corrected chi connectivity index (χ4v) is 5.22. The van der Waals surface area contributed by atoms with Gasteiger partial charge in [-0.25, -0.2) is 8.78 Å². The van der Waals surface area contributed by atoms with Crippen molar-refractivity contribution in [2.24, 2.45) is 5.92 Å². The van der Waals surface area contributed by atoms with Crippen molar-refractivity contribution in [1.82, 2.24) is 0 Å². The zero-order valence-corrected chi connectivity index (χ0v) is 21.4. The topological polar surface area (TPSA) is 84.2 Å². The molecule has 0 heterocycles. The molecule has 0 spiro atoms. The highest BCUT2D eigenvalue weighted by atomic mass is 127. The number of nitrogens with one attached hydrogen (secondary N) is 2. The van der Waals surface area contributed by atoms with Crippen LogP contribution in [0.1, 0.15) is 21.8 Å². The number of nitrogen functional groups attached to an aromatic ring is 1. The molecule has 0 radical (unpaired) electrons. The summed E-state index contributed by atoms with van der Waals surface area (Å²) in [5.41, 5.74) is 5.34. The van der Waals surface area contributed by atoms with Crippen LogP contribution in [0.25, 0.3) is 0 Å².